The zero-order valence-electron chi connectivity index (χ0n) is 9.48. The van der Waals surface area contributed by atoms with E-state index in [1.165, 1.54) is 12.1 Å². The average Bonchev–Trinajstić information content (AvgIpc) is 2.33. The van der Waals surface area contributed by atoms with E-state index in [2.05, 4.69) is 0 Å². The molecule has 0 aliphatic carbocycles. The molecule has 0 aliphatic rings. The third-order valence-electron chi connectivity index (χ3n) is 2.50. The largest absolute Gasteiger partial charge is 0.457 e. The van der Waals surface area contributed by atoms with Gasteiger partial charge in [0.25, 0.3) is 0 Å². The van der Waals surface area contributed by atoms with Crippen molar-refractivity contribution in [3.8, 4) is 11.5 Å². The Morgan fingerprint density at radius 1 is 1.12 bits per heavy atom. The van der Waals surface area contributed by atoms with Crippen molar-refractivity contribution in [1.29, 1.82) is 0 Å². The number of para-hydroxylation sites is 1. The standard InChI is InChI=1S/C14H13FO2/c1-10-8-12(15)6-7-13(10)17-14-5-3-2-4-11(14)9-16/h2-8,16H,9H2,1H3. The minimum absolute atomic E-state index is 0.0869. The number of aryl methyl sites for hydroxylation is 1. The lowest BCUT2D eigenvalue weighted by Gasteiger charge is -2.11. The minimum Gasteiger partial charge on any atom is -0.457 e. The number of ether oxygens (including phenoxy) is 1. The molecule has 0 saturated heterocycles. The van der Waals surface area contributed by atoms with Crippen LogP contribution in [0.1, 0.15) is 11.1 Å². The first-order valence-corrected chi connectivity index (χ1v) is 5.33. The van der Waals surface area contributed by atoms with Crippen molar-refractivity contribution in [3.05, 3.63) is 59.4 Å². The van der Waals surface area contributed by atoms with Crippen molar-refractivity contribution in [2.24, 2.45) is 0 Å². The fraction of sp³-hybridized carbons (Fsp3) is 0.143. The Morgan fingerprint density at radius 3 is 2.59 bits per heavy atom. The second-order valence-corrected chi connectivity index (χ2v) is 3.78. The molecule has 0 saturated carbocycles. The van der Waals surface area contributed by atoms with E-state index in [0.29, 0.717) is 17.1 Å². The highest BCUT2D eigenvalue weighted by Gasteiger charge is 2.06. The van der Waals surface area contributed by atoms with Gasteiger partial charge in [0.1, 0.15) is 17.3 Å². The Hall–Kier alpha value is -1.87. The van der Waals surface area contributed by atoms with E-state index in [9.17, 15) is 4.39 Å². The number of aliphatic hydroxyl groups excluding tert-OH is 1. The predicted molar refractivity (Wildman–Crippen MR) is 63.6 cm³/mol. The summed E-state index contributed by atoms with van der Waals surface area (Å²) in [6.45, 7) is 1.69. The highest BCUT2D eigenvalue weighted by atomic mass is 19.1. The molecule has 0 fully saturated rings. The van der Waals surface area contributed by atoms with Crippen LogP contribution in [0.15, 0.2) is 42.5 Å². The van der Waals surface area contributed by atoms with Gasteiger partial charge in [0.15, 0.2) is 0 Å². The van der Waals surface area contributed by atoms with Crippen LogP contribution in [-0.4, -0.2) is 5.11 Å². The van der Waals surface area contributed by atoms with E-state index in [-0.39, 0.29) is 12.4 Å². The second kappa shape index (κ2) is 4.97. The first kappa shape index (κ1) is 11.6. The third-order valence-corrected chi connectivity index (χ3v) is 2.50. The van der Waals surface area contributed by atoms with Crippen molar-refractivity contribution in [2.75, 3.05) is 0 Å². The van der Waals surface area contributed by atoms with Gasteiger partial charge in [-0.15, -0.1) is 0 Å². The number of hydrogen-bond donors (Lipinski definition) is 1. The lowest BCUT2D eigenvalue weighted by Crippen LogP contribution is -1.93. The van der Waals surface area contributed by atoms with E-state index in [1.54, 1.807) is 25.1 Å². The summed E-state index contributed by atoms with van der Waals surface area (Å²) in [5.74, 6) is 0.891. The highest BCUT2D eigenvalue weighted by Crippen LogP contribution is 2.28. The maximum Gasteiger partial charge on any atom is 0.132 e. The molecule has 0 aliphatic heterocycles. The van der Waals surface area contributed by atoms with E-state index in [4.69, 9.17) is 9.84 Å². The average molecular weight is 232 g/mol. The number of hydrogen-bond acceptors (Lipinski definition) is 2. The summed E-state index contributed by atoms with van der Waals surface area (Å²) in [7, 11) is 0. The predicted octanol–water partition coefficient (Wildman–Crippen LogP) is 3.42. The molecular formula is C14H13FO2. The zero-order valence-corrected chi connectivity index (χ0v) is 9.48. The summed E-state index contributed by atoms with van der Waals surface area (Å²) in [6.07, 6.45) is 0. The normalized spacial score (nSPS) is 10.3. The number of aliphatic hydroxyl groups is 1. The van der Waals surface area contributed by atoms with Gasteiger partial charge in [0.05, 0.1) is 6.61 Å². The Morgan fingerprint density at radius 2 is 1.88 bits per heavy atom. The Bertz CT molecular complexity index is 523. The molecule has 0 radical (unpaired) electrons. The maximum atomic E-state index is 12.9. The summed E-state index contributed by atoms with van der Waals surface area (Å²) in [6, 6.07) is 11.6. The van der Waals surface area contributed by atoms with E-state index < -0.39 is 0 Å². The Balaban J connectivity index is 2.31. The molecule has 0 amide bonds. The molecule has 0 heterocycles. The quantitative estimate of drug-likeness (QED) is 0.878. The van der Waals surface area contributed by atoms with Crippen LogP contribution in [0.25, 0.3) is 0 Å². The minimum atomic E-state index is -0.287. The molecule has 0 unspecified atom stereocenters. The SMILES string of the molecule is Cc1cc(F)ccc1Oc1ccccc1CO. The van der Waals surface area contributed by atoms with Gasteiger partial charge in [-0.25, -0.2) is 4.39 Å². The van der Waals surface area contributed by atoms with Gasteiger partial charge < -0.3 is 9.84 Å². The first-order chi connectivity index (χ1) is 8.20. The Kier molecular flexibility index (Phi) is 3.40. The summed E-state index contributed by atoms with van der Waals surface area (Å²) in [5.41, 5.74) is 1.42. The van der Waals surface area contributed by atoms with Crippen LogP contribution in [0, 0.1) is 12.7 Å². The molecule has 3 heteroatoms. The second-order valence-electron chi connectivity index (χ2n) is 3.78. The van der Waals surface area contributed by atoms with Gasteiger partial charge in [0.2, 0.25) is 0 Å². The fourth-order valence-corrected chi connectivity index (χ4v) is 1.58. The number of halogens is 1. The van der Waals surface area contributed by atoms with Gasteiger partial charge in [-0.05, 0) is 36.8 Å². The smallest absolute Gasteiger partial charge is 0.132 e. The summed E-state index contributed by atoms with van der Waals surface area (Å²) in [4.78, 5) is 0. The van der Waals surface area contributed by atoms with Gasteiger partial charge in [0, 0.05) is 5.56 Å². The maximum absolute atomic E-state index is 12.9. The molecule has 88 valence electrons. The number of rotatable bonds is 3. The van der Waals surface area contributed by atoms with E-state index in [0.717, 1.165) is 5.56 Å². The van der Waals surface area contributed by atoms with E-state index >= 15 is 0 Å². The topological polar surface area (TPSA) is 29.5 Å². The molecule has 17 heavy (non-hydrogen) atoms. The van der Waals surface area contributed by atoms with Crippen LogP contribution in [0.4, 0.5) is 4.39 Å². The van der Waals surface area contributed by atoms with Gasteiger partial charge in [-0.2, -0.15) is 0 Å². The van der Waals surface area contributed by atoms with Crippen LogP contribution in [0.5, 0.6) is 11.5 Å². The van der Waals surface area contributed by atoms with Gasteiger partial charge in [-0.3, -0.25) is 0 Å². The molecule has 0 atom stereocenters. The summed E-state index contributed by atoms with van der Waals surface area (Å²) in [5, 5.41) is 9.17. The molecule has 0 spiro atoms. The van der Waals surface area contributed by atoms with Crippen molar-refractivity contribution in [1.82, 2.24) is 0 Å². The van der Waals surface area contributed by atoms with Gasteiger partial charge >= 0.3 is 0 Å². The molecule has 2 rings (SSSR count). The van der Waals surface area contributed by atoms with Crippen LogP contribution < -0.4 is 4.74 Å². The number of benzene rings is 2. The molecule has 2 nitrogen and oxygen atoms in total. The fourth-order valence-electron chi connectivity index (χ4n) is 1.58. The lowest BCUT2D eigenvalue weighted by molar-refractivity contribution is 0.276. The lowest BCUT2D eigenvalue weighted by atomic mass is 10.2. The molecule has 1 N–H and O–H groups in total. The summed E-state index contributed by atoms with van der Waals surface area (Å²) >= 11 is 0. The van der Waals surface area contributed by atoms with Crippen molar-refractivity contribution in [3.63, 3.8) is 0 Å². The third kappa shape index (κ3) is 2.63. The van der Waals surface area contributed by atoms with Crippen molar-refractivity contribution >= 4 is 0 Å². The first-order valence-electron chi connectivity index (χ1n) is 5.33. The summed E-state index contributed by atoms with van der Waals surface area (Å²) < 4.78 is 18.6. The zero-order chi connectivity index (χ0) is 12.3. The molecular weight excluding hydrogens is 219 g/mol. The molecule has 0 bridgehead atoms. The molecule has 2 aromatic rings. The van der Waals surface area contributed by atoms with Crippen LogP contribution in [-0.2, 0) is 6.61 Å². The molecule has 2 aromatic carbocycles. The van der Waals surface area contributed by atoms with E-state index in [1.807, 2.05) is 12.1 Å². The van der Waals surface area contributed by atoms with Crippen LogP contribution in [0.2, 0.25) is 0 Å². The van der Waals surface area contributed by atoms with Gasteiger partial charge in [-0.1, -0.05) is 18.2 Å². The highest BCUT2D eigenvalue weighted by molar-refractivity contribution is 5.40. The Labute approximate surface area is 99.3 Å². The van der Waals surface area contributed by atoms with Crippen molar-refractivity contribution < 1.29 is 14.2 Å². The van der Waals surface area contributed by atoms with Crippen LogP contribution >= 0.6 is 0 Å². The molecule has 0 aromatic heterocycles. The van der Waals surface area contributed by atoms with Crippen LogP contribution in [0.3, 0.4) is 0 Å². The monoisotopic (exact) mass is 232 g/mol. The van der Waals surface area contributed by atoms with Crippen molar-refractivity contribution in [2.45, 2.75) is 13.5 Å².